The Balaban J connectivity index is 1.80. The van der Waals surface area contributed by atoms with Crippen molar-refractivity contribution in [3.05, 3.63) is 23.9 Å². The first-order valence-corrected chi connectivity index (χ1v) is 7.16. The average molecular weight is 277 g/mol. The molecule has 1 aliphatic heterocycles. The Morgan fingerprint density at radius 1 is 1.50 bits per heavy atom. The van der Waals surface area contributed by atoms with Crippen LogP contribution < -0.4 is 16.6 Å². The van der Waals surface area contributed by atoms with Crippen LogP contribution in [0.4, 0.5) is 5.82 Å². The number of anilines is 1. The third-order valence-corrected chi connectivity index (χ3v) is 3.88. The van der Waals surface area contributed by atoms with E-state index in [0.717, 1.165) is 39.0 Å². The highest BCUT2D eigenvalue weighted by atomic mass is 16.1. The van der Waals surface area contributed by atoms with E-state index in [2.05, 4.69) is 27.6 Å². The highest BCUT2D eigenvalue weighted by molar-refractivity contribution is 5.94. The molecule has 2 rings (SSSR count). The minimum absolute atomic E-state index is 0.0678. The van der Waals surface area contributed by atoms with Gasteiger partial charge in [-0.05, 0) is 50.5 Å². The van der Waals surface area contributed by atoms with Gasteiger partial charge in [-0.25, -0.2) is 10.8 Å². The number of piperidine rings is 1. The minimum atomic E-state index is -0.0678. The molecule has 1 saturated heterocycles. The van der Waals surface area contributed by atoms with Gasteiger partial charge in [-0.3, -0.25) is 4.79 Å². The molecule has 0 radical (unpaired) electrons. The van der Waals surface area contributed by atoms with E-state index in [9.17, 15) is 4.79 Å². The molecule has 1 aliphatic rings. The molecule has 20 heavy (non-hydrogen) atoms. The molecular formula is C14H23N5O. The summed E-state index contributed by atoms with van der Waals surface area (Å²) < 4.78 is 0. The molecule has 110 valence electrons. The number of hydrogen-bond acceptors (Lipinski definition) is 5. The van der Waals surface area contributed by atoms with Gasteiger partial charge in [0.2, 0.25) is 0 Å². The van der Waals surface area contributed by atoms with Crippen molar-refractivity contribution in [2.24, 2.45) is 11.8 Å². The summed E-state index contributed by atoms with van der Waals surface area (Å²) in [7, 11) is 0. The van der Waals surface area contributed by atoms with Crippen molar-refractivity contribution in [3.63, 3.8) is 0 Å². The Labute approximate surface area is 119 Å². The Hall–Kier alpha value is -1.66. The van der Waals surface area contributed by atoms with E-state index in [4.69, 9.17) is 5.84 Å². The van der Waals surface area contributed by atoms with Crippen LogP contribution in [0.15, 0.2) is 18.3 Å². The average Bonchev–Trinajstić information content (AvgIpc) is 2.53. The van der Waals surface area contributed by atoms with Crippen LogP contribution in [0.2, 0.25) is 0 Å². The Morgan fingerprint density at radius 3 is 2.90 bits per heavy atom. The SMILES string of the molecule is CCN1CCC(CNC(=O)c2ccnc(NN)c2)CC1. The Morgan fingerprint density at radius 2 is 2.25 bits per heavy atom. The van der Waals surface area contributed by atoms with Gasteiger partial charge in [-0.2, -0.15) is 0 Å². The number of hydrogen-bond donors (Lipinski definition) is 3. The van der Waals surface area contributed by atoms with Crippen molar-refractivity contribution in [2.75, 3.05) is 31.6 Å². The number of likely N-dealkylation sites (tertiary alicyclic amines) is 1. The molecule has 0 aromatic carbocycles. The van der Waals surface area contributed by atoms with E-state index in [-0.39, 0.29) is 5.91 Å². The molecule has 0 atom stereocenters. The summed E-state index contributed by atoms with van der Waals surface area (Å²) in [5.41, 5.74) is 3.02. The van der Waals surface area contributed by atoms with Crippen LogP contribution in [-0.2, 0) is 0 Å². The molecule has 0 bridgehead atoms. The zero-order chi connectivity index (χ0) is 14.4. The number of carbonyl (C=O) groups is 1. The first-order valence-electron chi connectivity index (χ1n) is 7.16. The predicted molar refractivity (Wildman–Crippen MR) is 79.2 cm³/mol. The molecule has 0 unspecified atom stereocenters. The van der Waals surface area contributed by atoms with E-state index in [1.54, 1.807) is 18.3 Å². The number of nitrogens with one attached hydrogen (secondary N) is 2. The van der Waals surface area contributed by atoms with Gasteiger partial charge in [-0.1, -0.05) is 6.92 Å². The van der Waals surface area contributed by atoms with Crippen molar-refractivity contribution in [3.8, 4) is 0 Å². The van der Waals surface area contributed by atoms with E-state index in [0.29, 0.717) is 17.3 Å². The minimum Gasteiger partial charge on any atom is -0.352 e. The Bertz CT molecular complexity index is 443. The van der Waals surface area contributed by atoms with Crippen molar-refractivity contribution in [2.45, 2.75) is 19.8 Å². The maximum absolute atomic E-state index is 12.1. The lowest BCUT2D eigenvalue weighted by Gasteiger charge is -2.31. The third kappa shape index (κ3) is 3.91. The summed E-state index contributed by atoms with van der Waals surface area (Å²) >= 11 is 0. The maximum atomic E-state index is 12.1. The van der Waals surface area contributed by atoms with E-state index < -0.39 is 0 Å². The van der Waals surface area contributed by atoms with Crippen molar-refractivity contribution in [1.82, 2.24) is 15.2 Å². The number of amides is 1. The van der Waals surface area contributed by atoms with Crippen molar-refractivity contribution >= 4 is 11.7 Å². The number of aromatic nitrogens is 1. The topological polar surface area (TPSA) is 83.3 Å². The van der Waals surface area contributed by atoms with Crippen LogP contribution in [0.25, 0.3) is 0 Å². The fraction of sp³-hybridized carbons (Fsp3) is 0.571. The van der Waals surface area contributed by atoms with Crippen LogP contribution >= 0.6 is 0 Å². The summed E-state index contributed by atoms with van der Waals surface area (Å²) in [5.74, 6) is 6.29. The van der Waals surface area contributed by atoms with Gasteiger partial charge in [-0.15, -0.1) is 0 Å². The van der Waals surface area contributed by atoms with Gasteiger partial charge in [0.15, 0.2) is 0 Å². The normalized spacial score (nSPS) is 16.9. The molecule has 6 nitrogen and oxygen atoms in total. The third-order valence-electron chi connectivity index (χ3n) is 3.88. The lowest BCUT2D eigenvalue weighted by Crippen LogP contribution is -2.38. The molecule has 4 N–H and O–H groups in total. The molecule has 1 amide bonds. The van der Waals surface area contributed by atoms with E-state index >= 15 is 0 Å². The zero-order valence-electron chi connectivity index (χ0n) is 11.9. The molecule has 0 spiro atoms. The molecular weight excluding hydrogens is 254 g/mol. The fourth-order valence-corrected chi connectivity index (χ4v) is 2.50. The van der Waals surface area contributed by atoms with Gasteiger partial charge in [0.25, 0.3) is 5.91 Å². The first-order chi connectivity index (χ1) is 9.72. The Kier molecular flexibility index (Phi) is 5.31. The second kappa shape index (κ2) is 7.21. The molecule has 1 fully saturated rings. The molecule has 1 aromatic heterocycles. The lowest BCUT2D eigenvalue weighted by molar-refractivity contribution is 0.0937. The predicted octanol–water partition coefficient (Wildman–Crippen LogP) is 0.829. The number of pyridine rings is 1. The quantitative estimate of drug-likeness (QED) is 0.548. The molecule has 1 aromatic rings. The first kappa shape index (κ1) is 14.7. The number of rotatable bonds is 5. The summed E-state index contributed by atoms with van der Waals surface area (Å²) in [4.78, 5) is 18.5. The van der Waals surface area contributed by atoms with Crippen LogP contribution in [0.3, 0.4) is 0 Å². The summed E-state index contributed by atoms with van der Waals surface area (Å²) in [5, 5.41) is 3.00. The van der Waals surface area contributed by atoms with Gasteiger partial charge in [0, 0.05) is 18.3 Å². The van der Waals surface area contributed by atoms with Crippen LogP contribution in [-0.4, -0.2) is 42.0 Å². The number of carbonyl (C=O) groups excluding carboxylic acids is 1. The lowest BCUT2D eigenvalue weighted by atomic mass is 9.97. The standard InChI is InChI=1S/C14H23N5O/c1-2-19-7-4-11(5-8-19)10-17-14(20)12-3-6-16-13(9-12)18-15/h3,6,9,11H,2,4-5,7-8,10,15H2,1H3,(H,16,18)(H,17,20). The molecule has 0 aliphatic carbocycles. The largest absolute Gasteiger partial charge is 0.352 e. The van der Waals surface area contributed by atoms with Gasteiger partial charge in [0.05, 0.1) is 0 Å². The maximum Gasteiger partial charge on any atom is 0.251 e. The van der Waals surface area contributed by atoms with Gasteiger partial charge >= 0.3 is 0 Å². The number of hydrazine groups is 1. The number of nitrogen functional groups attached to an aromatic ring is 1. The highest BCUT2D eigenvalue weighted by Gasteiger charge is 2.18. The molecule has 0 saturated carbocycles. The molecule has 6 heteroatoms. The summed E-state index contributed by atoms with van der Waals surface area (Å²) in [6.45, 7) is 6.31. The second-order valence-corrected chi connectivity index (χ2v) is 5.16. The summed E-state index contributed by atoms with van der Waals surface area (Å²) in [6, 6.07) is 3.34. The van der Waals surface area contributed by atoms with Crippen molar-refractivity contribution < 1.29 is 4.79 Å². The van der Waals surface area contributed by atoms with Crippen LogP contribution in [0, 0.1) is 5.92 Å². The second-order valence-electron chi connectivity index (χ2n) is 5.16. The zero-order valence-corrected chi connectivity index (χ0v) is 11.9. The smallest absolute Gasteiger partial charge is 0.251 e. The van der Waals surface area contributed by atoms with Gasteiger partial charge in [0.1, 0.15) is 5.82 Å². The van der Waals surface area contributed by atoms with Crippen molar-refractivity contribution in [1.29, 1.82) is 0 Å². The highest BCUT2D eigenvalue weighted by Crippen LogP contribution is 2.16. The molecule has 2 heterocycles. The van der Waals surface area contributed by atoms with Crippen LogP contribution in [0.1, 0.15) is 30.1 Å². The fourth-order valence-electron chi connectivity index (χ4n) is 2.50. The van der Waals surface area contributed by atoms with E-state index in [1.807, 2.05) is 0 Å². The number of nitrogens with two attached hydrogens (primary N) is 1. The summed E-state index contributed by atoms with van der Waals surface area (Å²) in [6.07, 6.45) is 3.88. The monoisotopic (exact) mass is 277 g/mol. The van der Waals surface area contributed by atoms with Gasteiger partial charge < -0.3 is 15.6 Å². The number of nitrogens with zero attached hydrogens (tertiary/aromatic N) is 2. The van der Waals surface area contributed by atoms with Crippen LogP contribution in [0.5, 0.6) is 0 Å². The van der Waals surface area contributed by atoms with E-state index in [1.165, 1.54) is 0 Å².